The molecule has 0 saturated carbocycles. The summed E-state index contributed by atoms with van der Waals surface area (Å²) in [6.45, 7) is 1.87. The Kier molecular flexibility index (Phi) is 3.47. The van der Waals surface area contributed by atoms with E-state index in [1.807, 2.05) is 49.4 Å². The van der Waals surface area contributed by atoms with Gasteiger partial charge in [0.15, 0.2) is 0 Å². The molecule has 0 saturated heterocycles. The van der Waals surface area contributed by atoms with Crippen LogP contribution in [0.1, 0.15) is 21.7 Å². The van der Waals surface area contributed by atoms with Gasteiger partial charge in [-0.05, 0) is 25.1 Å². The van der Waals surface area contributed by atoms with Crippen molar-refractivity contribution in [2.75, 3.05) is 0 Å². The lowest BCUT2D eigenvalue weighted by atomic mass is 10.1. The first-order chi connectivity index (χ1) is 10.3. The van der Waals surface area contributed by atoms with E-state index in [4.69, 9.17) is 0 Å². The summed E-state index contributed by atoms with van der Waals surface area (Å²) in [5.41, 5.74) is 5.60. The number of hydrogen-bond donors (Lipinski definition) is 2. The van der Waals surface area contributed by atoms with Gasteiger partial charge in [0.2, 0.25) is 0 Å². The number of hydrogen-bond acceptors (Lipinski definition) is 3. The van der Waals surface area contributed by atoms with E-state index in [2.05, 4.69) is 20.5 Å². The van der Waals surface area contributed by atoms with Crippen molar-refractivity contribution in [1.29, 1.82) is 0 Å². The molecule has 3 aromatic rings. The van der Waals surface area contributed by atoms with E-state index in [0.29, 0.717) is 11.3 Å². The molecule has 3 rings (SSSR count). The third-order valence-corrected chi connectivity index (χ3v) is 3.17. The van der Waals surface area contributed by atoms with Crippen LogP contribution in [0, 0.1) is 6.92 Å². The van der Waals surface area contributed by atoms with Crippen LogP contribution in [0.3, 0.4) is 0 Å². The molecule has 2 N–H and O–H groups in total. The van der Waals surface area contributed by atoms with Crippen LogP contribution in [0.5, 0.6) is 0 Å². The Morgan fingerprint density at radius 2 is 2.05 bits per heavy atom. The molecule has 0 aliphatic heterocycles. The Bertz CT molecular complexity index is 806. The van der Waals surface area contributed by atoms with E-state index < -0.39 is 0 Å². The first-order valence-corrected chi connectivity index (χ1v) is 6.57. The molecule has 0 aliphatic carbocycles. The quantitative estimate of drug-likeness (QED) is 0.571. The fraction of sp³-hybridized carbons (Fsp3) is 0.0625. The van der Waals surface area contributed by atoms with E-state index in [1.54, 1.807) is 6.20 Å². The molecule has 0 unspecified atom stereocenters. The minimum atomic E-state index is -0.239. The number of aromatic nitrogens is 2. The van der Waals surface area contributed by atoms with Gasteiger partial charge in [0.05, 0.1) is 17.5 Å². The van der Waals surface area contributed by atoms with Gasteiger partial charge in [-0.25, -0.2) is 5.43 Å². The molecule has 0 radical (unpaired) electrons. The lowest BCUT2D eigenvalue weighted by molar-refractivity contribution is 0.0956. The molecule has 0 spiro atoms. The van der Waals surface area contributed by atoms with E-state index in [-0.39, 0.29) is 5.91 Å². The van der Waals surface area contributed by atoms with Crippen molar-refractivity contribution < 1.29 is 4.79 Å². The van der Waals surface area contributed by atoms with Gasteiger partial charge in [-0.15, -0.1) is 0 Å². The van der Waals surface area contributed by atoms with Crippen molar-refractivity contribution >= 4 is 23.0 Å². The minimum absolute atomic E-state index is 0.239. The van der Waals surface area contributed by atoms with Gasteiger partial charge in [-0.3, -0.25) is 9.78 Å². The van der Waals surface area contributed by atoms with Gasteiger partial charge in [-0.2, -0.15) is 5.10 Å². The number of rotatable bonds is 3. The number of aryl methyl sites for hydroxylation is 1. The number of nitrogens with zero attached hydrogens (tertiary/aromatic N) is 2. The summed E-state index contributed by atoms with van der Waals surface area (Å²) in [5.74, 6) is -0.239. The molecule has 0 aliphatic rings. The second-order valence-electron chi connectivity index (χ2n) is 4.62. The molecule has 2 heterocycles. The Balaban J connectivity index is 1.82. The third kappa shape index (κ3) is 2.67. The molecule has 1 amide bonds. The van der Waals surface area contributed by atoms with Gasteiger partial charge in [0, 0.05) is 22.8 Å². The topological polar surface area (TPSA) is 70.1 Å². The number of pyridine rings is 1. The van der Waals surface area contributed by atoms with Crippen molar-refractivity contribution in [2.24, 2.45) is 5.10 Å². The van der Waals surface area contributed by atoms with Gasteiger partial charge in [0.25, 0.3) is 5.91 Å². The highest BCUT2D eigenvalue weighted by atomic mass is 16.2. The SMILES string of the molecule is Cc1[nH]c2ccccc2c1C(=O)N/N=C/c1ccccn1. The highest BCUT2D eigenvalue weighted by Gasteiger charge is 2.14. The van der Waals surface area contributed by atoms with E-state index in [1.165, 1.54) is 6.21 Å². The largest absolute Gasteiger partial charge is 0.358 e. The van der Waals surface area contributed by atoms with Crippen LogP contribution in [0.2, 0.25) is 0 Å². The molecule has 0 bridgehead atoms. The number of carbonyl (C=O) groups is 1. The summed E-state index contributed by atoms with van der Waals surface area (Å²) in [4.78, 5) is 19.6. The zero-order valence-corrected chi connectivity index (χ0v) is 11.5. The number of aromatic amines is 1. The number of nitrogens with one attached hydrogen (secondary N) is 2. The minimum Gasteiger partial charge on any atom is -0.358 e. The smallest absolute Gasteiger partial charge is 0.273 e. The number of H-pyrrole nitrogens is 1. The Hall–Kier alpha value is -2.95. The molecule has 2 aromatic heterocycles. The Labute approximate surface area is 121 Å². The third-order valence-electron chi connectivity index (χ3n) is 3.17. The van der Waals surface area contributed by atoms with Gasteiger partial charge < -0.3 is 4.98 Å². The maximum atomic E-state index is 12.3. The van der Waals surface area contributed by atoms with Gasteiger partial charge in [0.1, 0.15) is 0 Å². The molecular formula is C16H14N4O. The fourth-order valence-electron chi connectivity index (χ4n) is 2.23. The van der Waals surface area contributed by atoms with Crippen LogP contribution < -0.4 is 5.43 Å². The first kappa shape index (κ1) is 13.1. The number of amides is 1. The zero-order chi connectivity index (χ0) is 14.7. The standard InChI is InChI=1S/C16H14N4O/c1-11-15(13-7-2-3-8-14(13)19-11)16(21)20-18-10-12-6-4-5-9-17-12/h2-10,19H,1H3,(H,20,21)/b18-10+. The predicted octanol–water partition coefficient (Wildman–Crippen LogP) is 2.64. The second kappa shape index (κ2) is 5.58. The summed E-state index contributed by atoms with van der Waals surface area (Å²) in [6, 6.07) is 13.2. The molecule has 104 valence electrons. The molecule has 21 heavy (non-hydrogen) atoms. The molecule has 1 aromatic carbocycles. The highest BCUT2D eigenvalue weighted by molar-refractivity contribution is 6.08. The number of benzene rings is 1. The monoisotopic (exact) mass is 278 g/mol. The summed E-state index contributed by atoms with van der Waals surface area (Å²) in [5, 5.41) is 4.83. The molecular weight excluding hydrogens is 264 g/mol. The normalized spacial score (nSPS) is 11.1. The Morgan fingerprint density at radius 3 is 2.86 bits per heavy atom. The zero-order valence-electron chi connectivity index (χ0n) is 11.5. The first-order valence-electron chi connectivity index (χ1n) is 6.57. The van der Waals surface area contributed by atoms with E-state index in [9.17, 15) is 4.79 Å². The summed E-state index contributed by atoms with van der Waals surface area (Å²) in [6.07, 6.45) is 3.19. The average Bonchev–Trinajstić information content (AvgIpc) is 2.84. The number of para-hydroxylation sites is 1. The number of hydrazone groups is 1. The second-order valence-corrected chi connectivity index (χ2v) is 4.62. The lowest BCUT2D eigenvalue weighted by Crippen LogP contribution is -2.18. The van der Waals surface area contributed by atoms with Crippen molar-refractivity contribution in [3.63, 3.8) is 0 Å². The maximum absolute atomic E-state index is 12.3. The van der Waals surface area contributed by atoms with Crippen molar-refractivity contribution in [3.05, 3.63) is 65.6 Å². The van der Waals surface area contributed by atoms with Crippen LogP contribution >= 0.6 is 0 Å². The predicted molar refractivity (Wildman–Crippen MR) is 82.3 cm³/mol. The molecule has 5 heteroatoms. The Morgan fingerprint density at radius 1 is 1.24 bits per heavy atom. The van der Waals surface area contributed by atoms with Gasteiger partial charge in [-0.1, -0.05) is 24.3 Å². The highest BCUT2D eigenvalue weighted by Crippen LogP contribution is 2.21. The van der Waals surface area contributed by atoms with Crippen LogP contribution in [-0.2, 0) is 0 Å². The summed E-state index contributed by atoms with van der Waals surface area (Å²) >= 11 is 0. The molecule has 0 fully saturated rings. The fourth-order valence-corrected chi connectivity index (χ4v) is 2.23. The van der Waals surface area contributed by atoms with E-state index in [0.717, 1.165) is 16.6 Å². The van der Waals surface area contributed by atoms with E-state index >= 15 is 0 Å². The van der Waals surface area contributed by atoms with Crippen LogP contribution in [0.15, 0.2) is 53.8 Å². The summed E-state index contributed by atoms with van der Waals surface area (Å²) in [7, 11) is 0. The number of fused-ring (bicyclic) bond motifs is 1. The van der Waals surface area contributed by atoms with Crippen LogP contribution in [0.25, 0.3) is 10.9 Å². The maximum Gasteiger partial charge on any atom is 0.273 e. The summed E-state index contributed by atoms with van der Waals surface area (Å²) < 4.78 is 0. The van der Waals surface area contributed by atoms with Crippen molar-refractivity contribution in [3.8, 4) is 0 Å². The molecule has 5 nitrogen and oxygen atoms in total. The van der Waals surface area contributed by atoms with Crippen LogP contribution in [0.4, 0.5) is 0 Å². The number of carbonyl (C=O) groups excluding carboxylic acids is 1. The van der Waals surface area contributed by atoms with Crippen LogP contribution in [-0.4, -0.2) is 22.1 Å². The van der Waals surface area contributed by atoms with Crippen molar-refractivity contribution in [2.45, 2.75) is 6.92 Å². The van der Waals surface area contributed by atoms with Crippen molar-refractivity contribution in [1.82, 2.24) is 15.4 Å². The van der Waals surface area contributed by atoms with Gasteiger partial charge >= 0.3 is 0 Å². The molecule has 0 atom stereocenters. The lowest BCUT2D eigenvalue weighted by Gasteiger charge is -1.99. The average molecular weight is 278 g/mol.